The first kappa shape index (κ1) is 19.4. The fourth-order valence-corrected chi connectivity index (χ4v) is 3.14. The summed E-state index contributed by atoms with van der Waals surface area (Å²) >= 11 is 1.65. The molecule has 1 aromatic carbocycles. The van der Waals surface area contributed by atoms with Gasteiger partial charge in [-0.15, -0.1) is 11.8 Å². The first-order valence-electron chi connectivity index (χ1n) is 7.52. The zero-order valence-corrected chi connectivity index (χ0v) is 14.4. The minimum absolute atomic E-state index is 0.263. The second kappa shape index (κ2) is 11.0. The van der Waals surface area contributed by atoms with E-state index in [0.29, 0.717) is 25.1 Å². The molecule has 0 heterocycles. The fourth-order valence-electron chi connectivity index (χ4n) is 2.10. The molecule has 1 rings (SSSR count). The quantitative estimate of drug-likeness (QED) is 0.472. The molecule has 2 N–H and O–H groups in total. The lowest BCUT2D eigenvalue weighted by Gasteiger charge is -2.14. The second-order valence-corrected chi connectivity index (χ2v) is 6.03. The van der Waals surface area contributed by atoms with Gasteiger partial charge in [-0.25, -0.2) is 4.79 Å². The molecule has 0 fully saturated rings. The van der Waals surface area contributed by atoms with Crippen molar-refractivity contribution in [3.8, 4) is 11.5 Å². The maximum absolute atomic E-state index is 12.1. The molecule has 0 aliphatic rings. The summed E-state index contributed by atoms with van der Waals surface area (Å²) in [4.78, 5) is 11.5. The SMILES string of the molecule is COc1cc(SCCCCCF)c(OC)cc1CCNC(=O)O. The maximum atomic E-state index is 12.1. The van der Waals surface area contributed by atoms with Crippen LogP contribution in [0, 0.1) is 0 Å². The maximum Gasteiger partial charge on any atom is 0.404 e. The minimum atomic E-state index is -1.05. The summed E-state index contributed by atoms with van der Waals surface area (Å²) in [6.45, 7) is 0.0471. The van der Waals surface area contributed by atoms with E-state index in [-0.39, 0.29) is 6.67 Å². The molecule has 7 heteroatoms. The molecule has 0 aromatic heterocycles. The van der Waals surface area contributed by atoms with Crippen LogP contribution >= 0.6 is 11.8 Å². The van der Waals surface area contributed by atoms with Gasteiger partial charge < -0.3 is 19.9 Å². The first-order chi connectivity index (χ1) is 11.1. The van der Waals surface area contributed by atoms with E-state index in [0.717, 1.165) is 34.8 Å². The van der Waals surface area contributed by atoms with Crippen LogP contribution in [0.1, 0.15) is 24.8 Å². The molecule has 0 spiro atoms. The van der Waals surface area contributed by atoms with E-state index in [1.165, 1.54) is 0 Å². The Morgan fingerprint density at radius 3 is 2.57 bits per heavy atom. The van der Waals surface area contributed by atoms with Gasteiger partial charge in [0.15, 0.2) is 0 Å². The van der Waals surface area contributed by atoms with Crippen molar-refractivity contribution in [2.75, 3.05) is 33.2 Å². The van der Waals surface area contributed by atoms with Crippen molar-refractivity contribution in [2.45, 2.75) is 30.6 Å². The van der Waals surface area contributed by atoms with Gasteiger partial charge in [0.2, 0.25) is 0 Å². The average molecular weight is 345 g/mol. The lowest BCUT2D eigenvalue weighted by molar-refractivity contribution is 0.194. The van der Waals surface area contributed by atoms with Crippen LogP contribution in [-0.2, 0) is 6.42 Å². The molecule has 0 aliphatic carbocycles. The van der Waals surface area contributed by atoms with E-state index in [2.05, 4.69) is 5.32 Å². The molecule has 1 amide bonds. The number of carbonyl (C=O) groups is 1. The van der Waals surface area contributed by atoms with Crippen molar-refractivity contribution in [1.29, 1.82) is 0 Å². The number of rotatable bonds is 11. The number of ether oxygens (including phenoxy) is 2. The van der Waals surface area contributed by atoms with Crippen molar-refractivity contribution in [2.24, 2.45) is 0 Å². The van der Waals surface area contributed by atoms with E-state index in [1.54, 1.807) is 26.0 Å². The Bertz CT molecular complexity index is 499. The summed E-state index contributed by atoms with van der Waals surface area (Å²) in [7, 11) is 3.19. The van der Waals surface area contributed by atoms with Gasteiger partial charge in [0.05, 0.1) is 25.8 Å². The Balaban J connectivity index is 2.73. The lowest BCUT2D eigenvalue weighted by atomic mass is 10.1. The largest absolute Gasteiger partial charge is 0.496 e. The number of methoxy groups -OCH3 is 2. The van der Waals surface area contributed by atoms with Gasteiger partial charge in [-0.3, -0.25) is 4.39 Å². The minimum Gasteiger partial charge on any atom is -0.496 e. The molecule has 0 saturated heterocycles. The number of nitrogens with one attached hydrogen (secondary N) is 1. The smallest absolute Gasteiger partial charge is 0.404 e. The lowest BCUT2D eigenvalue weighted by Crippen LogP contribution is -2.23. The molecular formula is C16H24FNO4S. The van der Waals surface area contributed by atoms with Gasteiger partial charge in [0, 0.05) is 6.54 Å². The Morgan fingerprint density at radius 1 is 1.22 bits per heavy atom. The van der Waals surface area contributed by atoms with Crippen LogP contribution in [0.3, 0.4) is 0 Å². The zero-order chi connectivity index (χ0) is 17.1. The van der Waals surface area contributed by atoms with Gasteiger partial charge in [0.1, 0.15) is 11.5 Å². The Hall–Kier alpha value is -1.63. The Kier molecular flexibility index (Phi) is 9.28. The molecule has 5 nitrogen and oxygen atoms in total. The van der Waals surface area contributed by atoms with Crippen LogP contribution in [0.25, 0.3) is 0 Å². The first-order valence-corrected chi connectivity index (χ1v) is 8.51. The van der Waals surface area contributed by atoms with Crippen LogP contribution in [0.2, 0.25) is 0 Å². The monoisotopic (exact) mass is 345 g/mol. The Labute approximate surface area is 140 Å². The van der Waals surface area contributed by atoms with E-state index >= 15 is 0 Å². The standard InChI is InChI=1S/C16H24FNO4S/c1-21-13-11-15(23-9-5-3-4-7-17)14(22-2)10-12(13)6-8-18-16(19)20/h10-11,18H,3-9H2,1-2H3,(H,19,20). The van der Waals surface area contributed by atoms with Gasteiger partial charge in [-0.05, 0) is 42.7 Å². The van der Waals surface area contributed by atoms with E-state index in [4.69, 9.17) is 14.6 Å². The van der Waals surface area contributed by atoms with Gasteiger partial charge in [-0.1, -0.05) is 6.42 Å². The van der Waals surface area contributed by atoms with E-state index in [9.17, 15) is 9.18 Å². The summed E-state index contributed by atoms with van der Waals surface area (Å²) in [5.41, 5.74) is 0.889. The third kappa shape index (κ3) is 6.99. The van der Waals surface area contributed by atoms with Crippen LogP contribution < -0.4 is 14.8 Å². The van der Waals surface area contributed by atoms with Crippen LogP contribution in [0.15, 0.2) is 17.0 Å². The summed E-state index contributed by atoms with van der Waals surface area (Å²) in [5, 5.41) is 11.0. The van der Waals surface area contributed by atoms with Gasteiger partial charge in [-0.2, -0.15) is 0 Å². The van der Waals surface area contributed by atoms with Crippen molar-refractivity contribution < 1.29 is 23.8 Å². The molecule has 23 heavy (non-hydrogen) atoms. The number of hydrogen-bond acceptors (Lipinski definition) is 4. The number of amides is 1. The van der Waals surface area contributed by atoms with Crippen LogP contribution in [-0.4, -0.2) is 44.4 Å². The number of thioether (sulfide) groups is 1. The normalized spacial score (nSPS) is 10.4. The molecule has 0 saturated carbocycles. The average Bonchev–Trinajstić information content (AvgIpc) is 2.54. The van der Waals surface area contributed by atoms with Crippen molar-refractivity contribution in [1.82, 2.24) is 5.32 Å². The molecule has 1 aromatic rings. The number of unbranched alkanes of at least 4 members (excludes halogenated alkanes) is 2. The zero-order valence-electron chi connectivity index (χ0n) is 13.6. The van der Waals surface area contributed by atoms with Crippen LogP contribution in [0.5, 0.6) is 11.5 Å². The summed E-state index contributed by atoms with van der Waals surface area (Å²) < 4.78 is 22.9. The number of carboxylic acid groups (broad SMARTS) is 1. The molecule has 0 aliphatic heterocycles. The summed E-state index contributed by atoms with van der Waals surface area (Å²) in [6, 6.07) is 3.79. The predicted octanol–water partition coefficient (Wildman–Crippen LogP) is 3.75. The Morgan fingerprint density at radius 2 is 1.96 bits per heavy atom. The van der Waals surface area contributed by atoms with Crippen LogP contribution in [0.4, 0.5) is 9.18 Å². The highest BCUT2D eigenvalue weighted by atomic mass is 32.2. The molecular weight excluding hydrogens is 321 g/mol. The van der Waals surface area contributed by atoms with E-state index in [1.807, 2.05) is 12.1 Å². The molecule has 0 bridgehead atoms. The number of hydrogen-bond donors (Lipinski definition) is 2. The number of halogens is 1. The highest BCUT2D eigenvalue weighted by molar-refractivity contribution is 7.99. The van der Waals surface area contributed by atoms with Gasteiger partial charge in [0.25, 0.3) is 0 Å². The third-order valence-corrected chi connectivity index (χ3v) is 4.40. The number of alkyl halides is 1. The molecule has 0 unspecified atom stereocenters. The molecule has 0 atom stereocenters. The van der Waals surface area contributed by atoms with Gasteiger partial charge >= 0.3 is 6.09 Å². The van der Waals surface area contributed by atoms with Crippen molar-refractivity contribution in [3.05, 3.63) is 17.7 Å². The highest BCUT2D eigenvalue weighted by Crippen LogP contribution is 2.36. The molecule has 0 radical (unpaired) electrons. The topological polar surface area (TPSA) is 67.8 Å². The van der Waals surface area contributed by atoms with Crippen molar-refractivity contribution in [3.63, 3.8) is 0 Å². The summed E-state index contributed by atoms with van der Waals surface area (Å²) in [5.74, 6) is 2.34. The highest BCUT2D eigenvalue weighted by Gasteiger charge is 2.12. The number of benzene rings is 1. The van der Waals surface area contributed by atoms with E-state index < -0.39 is 6.09 Å². The van der Waals surface area contributed by atoms with Crippen molar-refractivity contribution >= 4 is 17.9 Å². The fraction of sp³-hybridized carbons (Fsp3) is 0.562. The predicted molar refractivity (Wildman–Crippen MR) is 89.8 cm³/mol. The molecule has 130 valence electrons. The summed E-state index contributed by atoms with van der Waals surface area (Å²) in [6.07, 6.45) is 1.91. The third-order valence-electron chi connectivity index (χ3n) is 3.27. The second-order valence-electron chi connectivity index (χ2n) is 4.89.